The minimum absolute atomic E-state index is 0.356. The van der Waals surface area contributed by atoms with Crippen molar-refractivity contribution in [2.45, 2.75) is 26.4 Å². The number of amides is 1. The summed E-state index contributed by atoms with van der Waals surface area (Å²) in [6.07, 6.45) is -0.407. The van der Waals surface area contributed by atoms with Crippen LogP contribution in [0.3, 0.4) is 0 Å². The Morgan fingerprint density at radius 3 is 2.40 bits per heavy atom. The SMILES string of the molecule is CC(C)OC(=O)NS(=O)(=O)N1CCN(CCCN)CC1. The molecule has 0 radical (unpaired) electrons. The van der Waals surface area contributed by atoms with E-state index in [4.69, 9.17) is 10.5 Å². The fraction of sp³-hybridized carbons (Fsp3) is 0.909. The Bertz CT molecular complexity index is 405. The van der Waals surface area contributed by atoms with E-state index in [1.54, 1.807) is 13.8 Å². The number of piperazine rings is 1. The van der Waals surface area contributed by atoms with E-state index in [1.807, 2.05) is 4.72 Å². The molecule has 3 N–H and O–H groups in total. The zero-order chi connectivity index (χ0) is 15.2. The van der Waals surface area contributed by atoms with Crippen LogP contribution < -0.4 is 10.5 Å². The van der Waals surface area contributed by atoms with Gasteiger partial charge in [0.2, 0.25) is 0 Å². The number of carbonyl (C=O) groups is 1. The van der Waals surface area contributed by atoms with Gasteiger partial charge in [-0.3, -0.25) is 0 Å². The van der Waals surface area contributed by atoms with E-state index in [0.29, 0.717) is 32.7 Å². The lowest BCUT2D eigenvalue weighted by Crippen LogP contribution is -2.53. The van der Waals surface area contributed by atoms with Gasteiger partial charge in [0.25, 0.3) is 0 Å². The van der Waals surface area contributed by atoms with Crippen molar-refractivity contribution in [2.75, 3.05) is 39.3 Å². The summed E-state index contributed by atoms with van der Waals surface area (Å²) >= 11 is 0. The highest BCUT2D eigenvalue weighted by atomic mass is 32.2. The molecule has 1 rings (SSSR count). The summed E-state index contributed by atoms with van der Waals surface area (Å²) in [5.74, 6) is 0. The van der Waals surface area contributed by atoms with Crippen molar-refractivity contribution < 1.29 is 17.9 Å². The molecule has 1 aliphatic rings. The van der Waals surface area contributed by atoms with Gasteiger partial charge in [-0.15, -0.1) is 0 Å². The van der Waals surface area contributed by atoms with Crippen molar-refractivity contribution >= 4 is 16.3 Å². The predicted octanol–water partition coefficient (Wildman–Crippen LogP) is -0.668. The third kappa shape index (κ3) is 5.61. The molecule has 0 spiro atoms. The highest BCUT2D eigenvalue weighted by molar-refractivity contribution is 7.87. The van der Waals surface area contributed by atoms with Gasteiger partial charge < -0.3 is 15.4 Å². The summed E-state index contributed by atoms with van der Waals surface area (Å²) in [6.45, 7) is 6.79. The van der Waals surface area contributed by atoms with Crippen LogP contribution in [0.5, 0.6) is 0 Å². The first-order valence-electron chi connectivity index (χ1n) is 6.76. The summed E-state index contributed by atoms with van der Waals surface area (Å²) < 4.78 is 31.9. The molecule has 0 bridgehead atoms. The first kappa shape index (κ1) is 17.2. The quantitative estimate of drug-likeness (QED) is 0.674. The monoisotopic (exact) mass is 308 g/mol. The highest BCUT2D eigenvalue weighted by Gasteiger charge is 2.28. The molecular formula is C11H24N4O4S. The molecule has 0 aliphatic carbocycles. The molecule has 20 heavy (non-hydrogen) atoms. The molecule has 118 valence electrons. The average Bonchev–Trinajstić information content (AvgIpc) is 2.35. The van der Waals surface area contributed by atoms with Gasteiger partial charge in [-0.1, -0.05) is 0 Å². The van der Waals surface area contributed by atoms with Crippen LogP contribution in [0.15, 0.2) is 0 Å². The number of nitrogens with zero attached hydrogens (tertiary/aromatic N) is 2. The second-order valence-electron chi connectivity index (χ2n) is 4.94. The van der Waals surface area contributed by atoms with Crippen LogP contribution in [0.2, 0.25) is 0 Å². The number of ether oxygens (including phenoxy) is 1. The molecule has 0 aromatic rings. The third-order valence-corrected chi connectivity index (χ3v) is 4.37. The Morgan fingerprint density at radius 1 is 1.30 bits per heavy atom. The maximum absolute atomic E-state index is 12.0. The lowest BCUT2D eigenvalue weighted by Gasteiger charge is -2.33. The zero-order valence-electron chi connectivity index (χ0n) is 12.0. The summed E-state index contributed by atoms with van der Waals surface area (Å²) in [5.41, 5.74) is 5.44. The molecule has 1 heterocycles. The van der Waals surface area contributed by atoms with Crippen LogP contribution in [-0.4, -0.2) is 69.1 Å². The third-order valence-electron chi connectivity index (χ3n) is 2.90. The van der Waals surface area contributed by atoms with Gasteiger partial charge in [0.05, 0.1) is 6.10 Å². The van der Waals surface area contributed by atoms with Crippen molar-refractivity contribution in [3.05, 3.63) is 0 Å². The molecule has 0 saturated carbocycles. The fourth-order valence-corrected chi connectivity index (χ4v) is 2.95. The molecule has 0 unspecified atom stereocenters. The second-order valence-corrected chi connectivity index (χ2v) is 6.61. The average molecular weight is 308 g/mol. The van der Waals surface area contributed by atoms with E-state index in [-0.39, 0.29) is 6.10 Å². The van der Waals surface area contributed by atoms with E-state index in [0.717, 1.165) is 13.0 Å². The topological polar surface area (TPSA) is 105 Å². The molecule has 0 aromatic heterocycles. The van der Waals surface area contributed by atoms with Gasteiger partial charge in [0.15, 0.2) is 0 Å². The molecular weight excluding hydrogens is 284 g/mol. The van der Waals surface area contributed by atoms with Gasteiger partial charge in [-0.2, -0.15) is 12.7 Å². The minimum atomic E-state index is -3.81. The molecule has 9 heteroatoms. The second kappa shape index (κ2) is 7.77. The maximum atomic E-state index is 12.0. The smallest absolute Gasteiger partial charge is 0.422 e. The Labute approximate surface area is 120 Å². The van der Waals surface area contributed by atoms with Gasteiger partial charge in [-0.25, -0.2) is 9.52 Å². The standard InChI is InChI=1S/C11H24N4O4S/c1-10(2)19-11(16)13-20(17,18)15-8-6-14(7-9-15)5-3-4-12/h10H,3-9,12H2,1-2H3,(H,13,16). The number of rotatable bonds is 6. The van der Waals surface area contributed by atoms with Crippen molar-refractivity contribution in [3.63, 3.8) is 0 Å². The van der Waals surface area contributed by atoms with E-state index in [1.165, 1.54) is 4.31 Å². The van der Waals surface area contributed by atoms with E-state index >= 15 is 0 Å². The minimum Gasteiger partial charge on any atom is -0.446 e. The van der Waals surface area contributed by atoms with Crippen LogP contribution in [0.25, 0.3) is 0 Å². The van der Waals surface area contributed by atoms with Crippen LogP contribution in [-0.2, 0) is 14.9 Å². The molecule has 0 aromatic carbocycles. The van der Waals surface area contributed by atoms with E-state index < -0.39 is 16.3 Å². The van der Waals surface area contributed by atoms with Crippen LogP contribution >= 0.6 is 0 Å². The summed E-state index contributed by atoms with van der Waals surface area (Å²) in [5, 5.41) is 0. The van der Waals surface area contributed by atoms with Crippen LogP contribution in [0.1, 0.15) is 20.3 Å². The summed E-state index contributed by atoms with van der Waals surface area (Å²) in [4.78, 5) is 13.5. The number of carbonyl (C=O) groups excluding carboxylic acids is 1. The first-order valence-corrected chi connectivity index (χ1v) is 8.20. The molecule has 1 fully saturated rings. The van der Waals surface area contributed by atoms with E-state index in [9.17, 15) is 13.2 Å². The Balaban J connectivity index is 2.44. The zero-order valence-corrected chi connectivity index (χ0v) is 12.9. The summed E-state index contributed by atoms with van der Waals surface area (Å²) in [7, 11) is -3.81. The van der Waals surface area contributed by atoms with Crippen LogP contribution in [0, 0.1) is 0 Å². The van der Waals surface area contributed by atoms with Gasteiger partial charge >= 0.3 is 16.3 Å². The number of nitrogens with two attached hydrogens (primary N) is 1. The molecule has 8 nitrogen and oxygen atoms in total. The molecule has 1 amide bonds. The van der Waals surface area contributed by atoms with Crippen molar-refractivity contribution in [1.29, 1.82) is 0 Å². The lowest BCUT2D eigenvalue weighted by atomic mass is 10.3. The van der Waals surface area contributed by atoms with Gasteiger partial charge in [0.1, 0.15) is 0 Å². The fourth-order valence-electron chi connectivity index (χ4n) is 1.92. The van der Waals surface area contributed by atoms with Gasteiger partial charge in [-0.05, 0) is 33.4 Å². The molecule has 0 atom stereocenters. The first-order chi connectivity index (χ1) is 9.35. The van der Waals surface area contributed by atoms with E-state index in [2.05, 4.69) is 4.90 Å². The Kier molecular flexibility index (Phi) is 6.66. The molecule has 1 aliphatic heterocycles. The predicted molar refractivity (Wildman–Crippen MR) is 75.4 cm³/mol. The normalized spacial score (nSPS) is 18.2. The van der Waals surface area contributed by atoms with Crippen molar-refractivity contribution in [3.8, 4) is 0 Å². The summed E-state index contributed by atoms with van der Waals surface area (Å²) in [6, 6.07) is 0. The largest absolute Gasteiger partial charge is 0.446 e. The number of nitrogens with one attached hydrogen (secondary N) is 1. The Morgan fingerprint density at radius 2 is 1.90 bits per heavy atom. The Hall–Kier alpha value is -0.900. The van der Waals surface area contributed by atoms with Crippen molar-refractivity contribution in [2.24, 2.45) is 5.73 Å². The van der Waals surface area contributed by atoms with Crippen molar-refractivity contribution in [1.82, 2.24) is 13.9 Å². The molecule has 1 saturated heterocycles. The lowest BCUT2D eigenvalue weighted by molar-refractivity contribution is 0.120. The van der Waals surface area contributed by atoms with Gasteiger partial charge in [0, 0.05) is 26.2 Å². The maximum Gasteiger partial charge on any atom is 0.422 e. The number of hydrogen-bond acceptors (Lipinski definition) is 6. The van der Waals surface area contributed by atoms with Crippen LogP contribution in [0.4, 0.5) is 4.79 Å². The number of hydrogen-bond donors (Lipinski definition) is 2. The highest BCUT2D eigenvalue weighted by Crippen LogP contribution is 2.07.